The molecule has 0 unspecified atom stereocenters. The number of nitrogens with zero attached hydrogens (tertiary/aromatic N) is 2. The minimum atomic E-state index is -3.19. The predicted molar refractivity (Wildman–Crippen MR) is 77.6 cm³/mol. The molecular weight excluding hydrogens is 354 g/mol. The molecule has 19 heavy (non-hydrogen) atoms. The Kier molecular flexibility index (Phi) is 4.07. The van der Waals surface area contributed by atoms with Gasteiger partial charge >= 0.3 is 0 Å². The molecule has 0 radical (unpaired) electrons. The molecule has 0 atom stereocenters. The van der Waals surface area contributed by atoms with Crippen LogP contribution >= 0.6 is 27.5 Å². The number of sulfone groups is 1. The molecule has 8 heteroatoms. The van der Waals surface area contributed by atoms with Crippen molar-refractivity contribution < 1.29 is 8.42 Å². The van der Waals surface area contributed by atoms with Gasteiger partial charge in [-0.3, -0.25) is 0 Å². The summed E-state index contributed by atoms with van der Waals surface area (Å²) in [4.78, 5) is 8.09. The summed E-state index contributed by atoms with van der Waals surface area (Å²) >= 11 is 9.00. The molecule has 100 valence electrons. The Hall–Kier alpha value is -1.18. The van der Waals surface area contributed by atoms with Crippen molar-refractivity contribution in [2.75, 3.05) is 11.6 Å². The Morgan fingerprint density at radius 3 is 2.47 bits per heavy atom. The fourth-order valence-corrected chi connectivity index (χ4v) is 2.41. The quantitative estimate of drug-likeness (QED) is 0.850. The van der Waals surface area contributed by atoms with Gasteiger partial charge in [0.1, 0.15) is 5.82 Å². The van der Waals surface area contributed by atoms with Crippen LogP contribution in [-0.2, 0) is 9.84 Å². The lowest BCUT2D eigenvalue weighted by molar-refractivity contribution is 0.602. The summed E-state index contributed by atoms with van der Waals surface area (Å²) in [6, 6.07) is 6.35. The fourth-order valence-electron chi connectivity index (χ4n) is 1.36. The van der Waals surface area contributed by atoms with E-state index >= 15 is 0 Å². The summed E-state index contributed by atoms with van der Waals surface area (Å²) in [5, 5.41) is 3.14. The van der Waals surface area contributed by atoms with Crippen LogP contribution in [0.4, 0.5) is 11.5 Å². The van der Waals surface area contributed by atoms with Crippen LogP contribution in [0.5, 0.6) is 0 Å². The molecule has 1 aromatic heterocycles. The van der Waals surface area contributed by atoms with Crippen LogP contribution in [0.1, 0.15) is 0 Å². The van der Waals surface area contributed by atoms with Crippen LogP contribution in [0, 0.1) is 0 Å². The van der Waals surface area contributed by atoms with E-state index in [0.717, 1.165) is 6.26 Å². The molecule has 0 aliphatic carbocycles. The first-order valence-corrected chi connectivity index (χ1v) is 8.18. The molecule has 0 spiro atoms. The van der Waals surface area contributed by atoms with E-state index in [2.05, 4.69) is 31.2 Å². The van der Waals surface area contributed by atoms with Crippen LogP contribution in [0.15, 0.2) is 39.8 Å². The second-order valence-electron chi connectivity index (χ2n) is 3.76. The average molecular weight is 363 g/mol. The second kappa shape index (κ2) is 5.44. The maximum absolute atomic E-state index is 11.3. The molecule has 0 amide bonds. The fraction of sp³-hybridized carbons (Fsp3) is 0.0909. The van der Waals surface area contributed by atoms with Gasteiger partial charge in [0, 0.05) is 18.1 Å². The maximum Gasteiger partial charge on any atom is 0.224 e. The van der Waals surface area contributed by atoms with Gasteiger partial charge in [-0.05, 0) is 51.8 Å². The lowest BCUT2D eigenvalue weighted by Crippen LogP contribution is -1.99. The van der Waals surface area contributed by atoms with Gasteiger partial charge in [-0.2, -0.15) is 4.98 Å². The van der Waals surface area contributed by atoms with Crippen molar-refractivity contribution >= 4 is 48.9 Å². The molecule has 0 bridgehead atoms. The molecule has 2 rings (SSSR count). The summed E-state index contributed by atoms with van der Waals surface area (Å²) in [6.07, 6.45) is 2.69. The molecule has 0 saturated carbocycles. The molecule has 0 saturated heterocycles. The summed E-state index contributed by atoms with van der Waals surface area (Å²) in [5.74, 6) is 0.507. The lowest BCUT2D eigenvalue weighted by Gasteiger charge is -2.08. The zero-order valence-corrected chi connectivity index (χ0v) is 12.9. The third kappa shape index (κ3) is 3.65. The Bertz CT molecular complexity index is 704. The minimum Gasteiger partial charge on any atom is -0.339 e. The van der Waals surface area contributed by atoms with Crippen molar-refractivity contribution in [3.63, 3.8) is 0 Å². The van der Waals surface area contributed by atoms with Crippen LogP contribution in [-0.4, -0.2) is 24.6 Å². The van der Waals surface area contributed by atoms with Crippen molar-refractivity contribution in [1.82, 2.24) is 9.97 Å². The number of hydrogen-bond donors (Lipinski definition) is 1. The zero-order chi connectivity index (χ0) is 14.0. The maximum atomic E-state index is 11.3. The summed E-state index contributed by atoms with van der Waals surface area (Å²) in [7, 11) is -3.19. The Balaban J connectivity index is 2.27. The summed E-state index contributed by atoms with van der Waals surface area (Å²) in [6.45, 7) is 0. The molecular formula is C11H9BrClN3O2S. The molecule has 0 aliphatic rings. The number of aromatic nitrogens is 2. The van der Waals surface area contributed by atoms with Gasteiger partial charge in [0.2, 0.25) is 5.28 Å². The average Bonchev–Trinajstić information content (AvgIpc) is 2.33. The molecule has 1 N–H and O–H groups in total. The molecule has 0 aliphatic heterocycles. The second-order valence-corrected chi connectivity index (χ2v) is 6.97. The summed E-state index contributed by atoms with van der Waals surface area (Å²) in [5.41, 5.74) is 0.697. The third-order valence-electron chi connectivity index (χ3n) is 2.26. The Labute approximate surface area is 124 Å². The van der Waals surface area contributed by atoms with Crippen LogP contribution in [0.3, 0.4) is 0 Å². The van der Waals surface area contributed by atoms with Gasteiger partial charge in [-0.15, -0.1) is 0 Å². The minimum absolute atomic E-state index is 0.124. The van der Waals surface area contributed by atoms with Crippen LogP contribution in [0.25, 0.3) is 0 Å². The first-order chi connectivity index (χ1) is 8.86. The van der Waals surface area contributed by atoms with E-state index in [0.29, 0.717) is 16.0 Å². The number of nitrogens with one attached hydrogen (secondary N) is 1. The standard InChI is InChI=1S/C11H9BrClN3O2S/c1-19(17,18)8-4-2-7(3-5-8)15-10-9(12)6-14-11(13)16-10/h2-6H,1H3,(H,14,15,16). The van der Waals surface area contributed by atoms with E-state index in [1.807, 2.05) is 0 Å². The lowest BCUT2D eigenvalue weighted by atomic mass is 10.3. The zero-order valence-electron chi connectivity index (χ0n) is 9.76. The van der Waals surface area contributed by atoms with Gasteiger partial charge in [0.25, 0.3) is 0 Å². The first-order valence-electron chi connectivity index (χ1n) is 5.11. The predicted octanol–water partition coefficient (Wildman–Crippen LogP) is 3.04. The van der Waals surface area contributed by atoms with E-state index in [1.54, 1.807) is 12.1 Å². The highest BCUT2D eigenvalue weighted by Crippen LogP contribution is 2.24. The van der Waals surface area contributed by atoms with E-state index in [-0.39, 0.29) is 10.2 Å². The van der Waals surface area contributed by atoms with Crippen molar-refractivity contribution in [3.8, 4) is 0 Å². The SMILES string of the molecule is CS(=O)(=O)c1ccc(Nc2nc(Cl)ncc2Br)cc1. The highest BCUT2D eigenvalue weighted by molar-refractivity contribution is 9.10. The largest absolute Gasteiger partial charge is 0.339 e. The topological polar surface area (TPSA) is 72.0 Å². The van der Waals surface area contributed by atoms with Crippen LogP contribution < -0.4 is 5.32 Å². The Morgan fingerprint density at radius 2 is 1.89 bits per heavy atom. The van der Waals surface area contributed by atoms with E-state index in [1.165, 1.54) is 18.3 Å². The summed E-state index contributed by atoms with van der Waals surface area (Å²) < 4.78 is 23.3. The Morgan fingerprint density at radius 1 is 1.26 bits per heavy atom. The molecule has 1 aromatic carbocycles. The van der Waals surface area contributed by atoms with Crippen LogP contribution in [0.2, 0.25) is 5.28 Å². The smallest absolute Gasteiger partial charge is 0.224 e. The number of benzene rings is 1. The van der Waals surface area contributed by atoms with Gasteiger partial charge in [-0.25, -0.2) is 13.4 Å². The van der Waals surface area contributed by atoms with Gasteiger partial charge in [0.05, 0.1) is 9.37 Å². The number of anilines is 2. The third-order valence-corrected chi connectivity index (χ3v) is 4.15. The van der Waals surface area contributed by atoms with Gasteiger partial charge in [-0.1, -0.05) is 0 Å². The van der Waals surface area contributed by atoms with Gasteiger partial charge in [0.15, 0.2) is 9.84 Å². The molecule has 0 fully saturated rings. The highest BCUT2D eigenvalue weighted by Gasteiger charge is 2.08. The number of rotatable bonds is 3. The van der Waals surface area contributed by atoms with Crippen molar-refractivity contribution in [1.29, 1.82) is 0 Å². The first kappa shape index (κ1) is 14.2. The molecule has 1 heterocycles. The van der Waals surface area contributed by atoms with Crippen molar-refractivity contribution in [2.45, 2.75) is 4.90 Å². The van der Waals surface area contributed by atoms with Gasteiger partial charge < -0.3 is 5.32 Å². The number of hydrogen-bond acceptors (Lipinski definition) is 5. The molecule has 2 aromatic rings. The van der Waals surface area contributed by atoms with E-state index < -0.39 is 9.84 Å². The number of halogens is 2. The van der Waals surface area contributed by atoms with E-state index in [9.17, 15) is 8.42 Å². The van der Waals surface area contributed by atoms with E-state index in [4.69, 9.17) is 11.6 Å². The normalized spacial score (nSPS) is 11.3. The van der Waals surface area contributed by atoms with Crippen molar-refractivity contribution in [3.05, 3.63) is 40.2 Å². The monoisotopic (exact) mass is 361 g/mol. The highest BCUT2D eigenvalue weighted by atomic mass is 79.9. The van der Waals surface area contributed by atoms with Crippen molar-refractivity contribution in [2.24, 2.45) is 0 Å². The molecule has 5 nitrogen and oxygen atoms in total.